The number of thiophene rings is 1. The van der Waals surface area contributed by atoms with E-state index in [1.807, 2.05) is 54.8 Å². The molecule has 2 amide bonds. The van der Waals surface area contributed by atoms with E-state index >= 15 is 0 Å². The normalized spacial score (nSPS) is 18.4. The Morgan fingerprint density at radius 2 is 1.96 bits per heavy atom. The predicted molar refractivity (Wildman–Crippen MR) is 104 cm³/mol. The maximum absolute atomic E-state index is 13.2. The molecule has 2 heterocycles. The molecule has 1 unspecified atom stereocenters. The van der Waals surface area contributed by atoms with Crippen molar-refractivity contribution in [3.05, 3.63) is 87.1 Å². The minimum atomic E-state index is -0.800. The van der Waals surface area contributed by atoms with Crippen LogP contribution in [0.4, 0.5) is 5.69 Å². The van der Waals surface area contributed by atoms with Crippen molar-refractivity contribution in [1.82, 2.24) is 0 Å². The van der Waals surface area contributed by atoms with Crippen molar-refractivity contribution < 1.29 is 9.59 Å². The molecule has 5 heteroatoms. The standard InChI is InChI=1S/C21H18N2O2S/c1-13-9-10-26-18(13)21(12-14-5-4-6-15(11-14)19(22)24)16-7-2-3-8-17(16)23-20(21)25/h2-11H,12H2,1H3,(H2,22,24)(H,23,25). The maximum atomic E-state index is 13.2. The van der Waals surface area contributed by atoms with E-state index in [1.54, 1.807) is 23.5 Å². The third-order valence-electron chi connectivity index (χ3n) is 4.95. The molecular formula is C21H18N2O2S. The summed E-state index contributed by atoms with van der Waals surface area (Å²) < 4.78 is 0. The summed E-state index contributed by atoms with van der Waals surface area (Å²) in [5.41, 5.74) is 8.89. The molecule has 3 aromatic rings. The van der Waals surface area contributed by atoms with Gasteiger partial charge in [-0.1, -0.05) is 30.3 Å². The molecule has 0 saturated carbocycles. The van der Waals surface area contributed by atoms with Gasteiger partial charge in [-0.3, -0.25) is 9.59 Å². The van der Waals surface area contributed by atoms with Crippen LogP contribution in [0.2, 0.25) is 0 Å². The number of rotatable bonds is 4. The van der Waals surface area contributed by atoms with Crippen molar-refractivity contribution in [1.29, 1.82) is 0 Å². The third kappa shape index (κ3) is 2.44. The van der Waals surface area contributed by atoms with Crippen molar-refractivity contribution >= 4 is 28.8 Å². The lowest BCUT2D eigenvalue weighted by molar-refractivity contribution is -0.119. The number of primary amides is 1. The Balaban J connectivity index is 1.92. The molecule has 0 saturated heterocycles. The average molecular weight is 362 g/mol. The van der Waals surface area contributed by atoms with Gasteiger partial charge in [-0.25, -0.2) is 0 Å². The molecule has 1 aromatic heterocycles. The van der Waals surface area contributed by atoms with Crippen LogP contribution in [0.3, 0.4) is 0 Å². The van der Waals surface area contributed by atoms with E-state index in [2.05, 4.69) is 5.32 Å². The SMILES string of the molecule is Cc1ccsc1C1(Cc2cccc(C(N)=O)c2)C(=O)Nc2ccccc21. The summed E-state index contributed by atoms with van der Waals surface area (Å²) in [6, 6.07) is 17.1. The number of amides is 2. The highest BCUT2D eigenvalue weighted by atomic mass is 32.1. The molecule has 0 radical (unpaired) electrons. The molecule has 4 rings (SSSR count). The fraction of sp³-hybridized carbons (Fsp3) is 0.143. The van der Waals surface area contributed by atoms with Crippen molar-refractivity contribution in [2.75, 3.05) is 5.32 Å². The Morgan fingerprint density at radius 1 is 1.15 bits per heavy atom. The van der Waals surface area contributed by atoms with E-state index in [4.69, 9.17) is 5.73 Å². The molecular weight excluding hydrogens is 344 g/mol. The number of carbonyl (C=O) groups excluding carboxylic acids is 2. The van der Waals surface area contributed by atoms with Gasteiger partial charge in [0, 0.05) is 16.1 Å². The van der Waals surface area contributed by atoms with Gasteiger partial charge < -0.3 is 11.1 Å². The molecule has 26 heavy (non-hydrogen) atoms. The second kappa shape index (κ2) is 6.11. The number of nitrogens with one attached hydrogen (secondary N) is 1. The zero-order chi connectivity index (χ0) is 18.3. The zero-order valence-corrected chi connectivity index (χ0v) is 15.1. The summed E-state index contributed by atoms with van der Waals surface area (Å²) >= 11 is 1.59. The average Bonchev–Trinajstić information content (AvgIpc) is 3.17. The molecule has 3 N–H and O–H groups in total. The quantitative estimate of drug-likeness (QED) is 0.744. The second-order valence-corrected chi connectivity index (χ2v) is 7.50. The van der Waals surface area contributed by atoms with Crippen LogP contribution in [-0.2, 0) is 16.6 Å². The highest BCUT2D eigenvalue weighted by molar-refractivity contribution is 7.10. The zero-order valence-electron chi connectivity index (χ0n) is 14.3. The molecule has 0 bridgehead atoms. The number of para-hydroxylation sites is 1. The monoisotopic (exact) mass is 362 g/mol. The largest absolute Gasteiger partial charge is 0.366 e. The minimum Gasteiger partial charge on any atom is -0.366 e. The molecule has 1 atom stereocenters. The molecule has 130 valence electrons. The van der Waals surface area contributed by atoms with Gasteiger partial charge >= 0.3 is 0 Å². The number of fused-ring (bicyclic) bond motifs is 1. The summed E-state index contributed by atoms with van der Waals surface area (Å²) in [6.07, 6.45) is 0.471. The van der Waals surface area contributed by atoms with E-state index in [0.717, 1.165) is 27.3 Å². The van der Waals surface area contributed by atoms with Crippen molar-refractivity contribution in [3.8, 4) is 0 Å². The smallest absolute Gasteiger partial charge is 0.248 e. The first-order valence-corrected chi connectivity index (χ1v) is 9.24. The lowest BCUT2D eigenvalue weighted by Gasteiger charge is -2.28. The first-order valence-electron chi connectivity index (χ1n) is 8.36. The Morgan fingerprint density at radius 3 is 2.69 bits per heavy atom. The van der Waals surface area contributed by atoms with Gasteiger partial charge in [-0.15, -0.1) is 11.3 Å². The maximum Gasteiger partial charge on any atom is 0.248 e. The summed E-state index contributed by atoms with van der Waals surface area (Å²) in [4.78, 5) is 25.8. The summed E-state index contributed by atoms with van der Waals surface area (Å²) in [6.45, 7) is 2.03. The van der Waals surface area contributed by atoms with E-state index in [-0.39, 0.29) is 5.91 Å². The van der Waals surface area contributed by atoms with E-state index in [1.165, 1.54) is 0 Å². The fourth-order valence-electron chi connectivity index (χ4n) is 3.75. The van der Waals surface area contributed by atoms with Crippen LogP contribution in [0.1, 0.15) is 31.9 Å². The molecule has 0 aliphatic carbocycles. The van der Waals surface area contributed by atoms with Crippen LogP contribution in [0.5, 0.6) is 0 Å². The topological polar surface area (TPSA) is 72.2 Å². The second-order valence-electron chi connectivity index (χ2n) is 6.58. The fourth-order valence-corrected chi connectivity index (χ4v) is 4.89. The molecule has 1 aliphatic heterocycles. The highest BCUT2D eigenvalue weighted by Crippen LogP contribution is 2.47. The molecule has 0 fully saturated rings. The van der Waals surface area contributed by atoms with E-state index < -0.39 is 11.3 Å². The van der Waals surface area contributed by atoms with Crippen LogP contribution >= 0.6 is 11.3 Å². The number of benzene rings is 2. The highest BCUT2D eigenvalue weighted by Gasteiger charge is 2.49. The Hall–Kier alpha value is -2.92. The van der Waals surface area contributed by atoms with Crippen LogP contribution < -0.4 is 11.1 Å². The van der Waals surface area contributed by atoms with Crippen LogP contribution in [0, 0.1) is 6.92 Å². The first kappa shape index (κ1) is 16.5. The number of anilines is 1. The summed E-state index contributed by atoms with van der Waals surface area (Å²) in [5.74, 6) is -0.502. The Labute approximate surface area is 155 Å². The van der Waals surface area contributed by atoms with Crippen LogP contribution in [0.25, 0.3) is 0 Å². The number of carbonyl (C=O) groups is 2. The molecule has 2 aromatic carbocycles. The van der Waals surface area contributed by atoms with E-state index in [9.17, 15) is 9.59 Å². The number of nitrogens with two attached hydrogens (primary N) is 1. The van der Waals surface area contributed by atoms with Crippen LogP contribution in [-0.4, -0.2) is 11.8 Å². The van der Waals surface area contributed by atoms with Crippen molar-refractivity contribution in [3.63, 3.8) is 0 Å². The third-order valence-corrected chi connectivity index (χ3v) is 6.13. The van der Waals surface area contributed by atoms with Gasteiger partial charge in [0.1, 0.15) is 5.41 Å². The molecule has 1 aliphatic rings. The molecule has 0 spiro atoms. The Bertz CT molecular complexity index is 1020. The first-order chi connectivity index (χ1) is 12.5. The lowest BCUT2D eigenvalue weighted by Crippen LogP contribution is -2.38. The van der Waals surface area contributed by atoms with Gasteiger partial charge in [-0.05, 0) is 59.7 Å². The Kier molecular flexibility index (Phi) is 3.89. The lowest BCUT2D eigenvalue weighted by atomic mass is 9.74. The van der Waals surface area contributed by atoms with Crippen LogP contribution in [0.15, 0.2) is 60.0 Å². The van der Waals surface area contributed by atoms with Crippen molar-refractivity contribution in [2.24, 2.45) is 5.73 Å². The van der Waals surface area contributed by atoms with Gasteiger partial charge in [0.05, 0.1) is 0 Å². The van der Waals surface area contributed by atoms with Gasteiger partial charge in [0.2, 0.25) is 11.8 Å². The minimum absolute atomic E-state index is 0.0336. The number of hydrogen-bond donors (Lipinski definition) is 2. The molecule has 4 nitrogen and oxygen atoms in total. The number of hydrogen-bond acceptors (Lipinski definition) is 3. The summed E-state index contributed by atoms with van der Waals surface area (Å²) in [5, 5.41) is 5.05. The van der Waals surface area contributed by atoms with Crippen molar-refractivity contribution in [2.45, 2.75) is 18.8 Å². The van der Waals surface area contributed by atoms with Gasteiger partial charge in [-0.2, -0.15) is 0 Å². The van der Waals surface area contributed by atoms with Gasteiger partial charge in [0.15, 0.2) is 0 Å². The number of aryl methyl sites for hydroxylation is 1. The predicted octanol–water partition coefficient (Wildman–Crippen LogP) is 3.64. The summed E-state index contributed by atoms with van der Waals surface area (Å²) in [7, 11) is 0. The van der Waals surface area contributed by atoms with E-state index in [0.29, 0.717) is 12.0 Å². The van der Waals surface area contributed by atoms with Gasteiger partial charge in [0.25, 0.3) is 0 Å².